The van der Waals surface area contributed by atoms with Gasteiger partial charge in [-0.3, -0.25) is 4.79 Å². The van der Waals surface area contributed by atoms with Crippen LogP contribution in [0.2, 0.25) is 0 Å². The predicted octanol–water partition coefficient (Wildman–Crippen LogP) is 2.45. The van der Waals surface area contributed by atoms with Gasteiger partial charge in [-0.25, -0.2) is 4.39 Å². The van der Waals surface area contributed by atoms with Gasteiger partial charge in [-0.2, -0.15) is 0 Å². The van der Waals surface area contributed by atoms with Gasteiger partial charge in [0.2, 0.25) is 5.91 Å². The zero-order valence-corrected chi connectivity index (χ0v) is 13.6. The zero-order chi connectivity index (χ0) is 16.9. The molecule has 0 spiro atoms. The average molecular weight is 328 g/mol. The van der Waals surface area contributed by atoms with Gasteiger partial charge in [0.1, 0.15) is 11.6 Å². The molecule has 1 amide bonds. The molecule has 4 nitrogen and oxygen atoms in total. The summed E-state index contributed by atoms with van der Waals surface area (Å²) in [4.78, 5) is 12.6. The van der Waals surface area contributed by atoms with Gasteiger partial charge < -0.3 is 15.4 Å². The van der Waals surface area contributed by atoms with Crippen LogP contribution in [0.15, 0.2) is 48.5 Å². The zero-order valence-electron chi connectivity index (χ0n) is 13.6. The van der Waals surface area contributed by atoms with Crippen molar-refractivity contribution in [1.82, 2.24) is 10.6 Å². The lowest BCUT2D eigenvalue weighted by atomic mass is 9.87. The van der Waals surface area contributed by atoms with E-state index in [-0.39, 0.29) is 23.6 Å². The number of ether oxygens (including phenoxy) is 1. The maximum atomic E-state index is 12.9. The van der Waals surface area contributed by atoms with E-state index in [9.17, 15) is 9.18 Å². The van der Waals surface area contributed by atoms with Gasteiger partial charge in [0.25, 0.3) is 0 Å². The fourth-order valence-electron chi connectivity index (χ4n) is 3.18. The summed E-state index contributed by atoms with van der Waals surface area (Å²) in [6, 6.07) is 14.0. The normalized spacial score (nSPS) is 19.9. The lowest BCUT2D eigenvalue weighted by molar-refractivity contribution is -0.125. The molecular formula is C19H21FN2O2. The molecule has 24 heavy (non-hydrogen) atoms. The maximum Gasteiger partial charge on any atom is 0.225 e. The first kappa shape index (κ1) is 16.5. The Balaban J connectivity index is 1.68. The molecule has 0 aliphatic carbocycles. The number of carbonyl (C=O) groups is 1. The Kier molecular flexibility index (Phi) is 5.11. The Bertz CT molecular complexity index is 703. The Labute approximate surface area is 141 Å². The van der Waals surface area contributed by atoms with Gasteiger partial charge in [0, 0.05) is 25.6 Å². The molecule has 1 aliphatic heterocycles. The first-order chi connectivity index (χ1) is 11.7. The van der Waals surface area contributed by atoms with Gasteiger partial charge in [-0.15, -0.1) is 0 Å². The molecule has 2 N–H and O–H groups in total. The minimum absolute atomic E-state index is 0.000214. The molecule has 0 bridgehead atoms. The Hall–Kier alpha value is -2.40. The third kappa shape index (κ3) is 3.57. The average Bonchev–Trinajstić information content (AvgIpc) is 3.10. The van der Waals surface area contributed by atoms with Crippen LogP contribution in [0, 0.1) is 11.7 Å². The molecule has 126 valence electrons. The van der Waals surface area contributed by atoms with Crippen molar-refractivity contribution in [1.29, 1.82) is 0 Å². The van der Waals surface area contributed by atoms with Crippen molar-refractivity contribution in [3.63, 3.8) is 0 Å². The van der Waals surface area contributed by atoms with Gasteiger partial charge in [0.15, 0.2) is 0 Å². The minimum atomic E-state index is -0.277. The fourth-order valence-corrected chi connectivity index (χ4v) is 3.18. The number of rotatable bonds is 5. The van der Waals surface area contributed by atoms with E-state index < -0.39 is 0 Å². The number of para-hydroxylation sites is 1. The van der Waals surface area contributed by atoms with Gasteiger partial charge in [0.05, 0.1) is 13.0 Å². The lowest BCUT2D eigenvalue weighted by Crippen LogP contribution is -2.34. The first-order valence-corrected chi connectivity index (χ1v) is 8.05. The van der Waals surface area contributed by atoms with Crippen molar-refractivity contribution >= 4 is 5.91 Å². The highest BCUT2D eigenvalue weighted by molar-refractivity contribution is 5.80. The minimum Gasteiger partial charge on any atom is -0.496 e. The van der Waals surface area contributed by atoms with Gasteiger partial charge in [-0.05, 0) is 29.3 Å². The number of nitrogens with one attached hydrogen (secondary N) is 2. The molecule has 0 unspecified atom stereocenters. The molecule has 2 atom stereocenters. The smallest absolute Gasteiger partial charge is 0.225 e. The van der Waals surface area contributed by atoms with Crippen molar-refractivity contribution in [2.75, 3.05) is 20.2 Å². The number of methoxy groups -OCH3 is 1. The molecule has 5 heteroatoms. The van der Waals surface area contributed by atoms with Crippen molar-refractivity contribution < 1.29 is 13.9 Å². The summed E-state index contributed by atoms with van der Waals surface area (Å²) < 4.78 is 18.4. The summed E-state index contributed by atoms with van der Waals surface area (Å²) in [6.07, 6.45) is 0. The van der Waals surface area contributed by atoms with Crippen molar-refractivity contribution in [2.24, 2.45) is 5.92 Å². The van der Waals surface area contributed by atoms with Crippen LogP contribution in [0.25, 0.3) is 0 Å². The molecule has 1 heterocycles. The molecule has 2 aromatic carbocycles. The highest BCUT2D eigenvalue weighted by Gasteiger charge is 2.35. The van der Waals surface area contributed by atoms with Gasteiger partial charge in [-0.1, -0.05) is 30.3 Å². The summed E-state index contributed by atoms with van der Waals surface area (Å²) in [6.45, 7) is 1.78. The first-order valence-electron chi connectivity index (χ1n) is 8.05. The summed E-state index contributed by atoms with van der Waals surface area (Å²) in [7, 11) is 1.64. The second-order valence-electron chi connectivity index (χ2n) is 5.96. The highest BCUT2D eigenvalue weighted by atomic mass is 19.1. The summed E-state index contributed by atoms with van der Waals surface area (Å²) in [5.41, 5.74) is 1.93. The molecule has 1 saturated heterocycles. The van der Waals surface area contributed by atoms with Crippen molar-refractivity contribution in [3.8, 4) is 5.75 Å². The lowest BCUT2D eigenvalue weighted by Gasteiger charge is -2.20. The number of benzene rings is 2. The van der Waals surface area contributed by atoms with Gasteiger partial charge >= 0.3 is 0 Å². The fraction of sp³-hybridized carbons (Fsp3) is 0.316. The predicted molar refractivity (Wildman–Crippen MR) is 90.3 cm³/mol. The third-order valence-electron chi connectivity index (χ3n) is 4.47. The largest absolute Gasteiger partial charge is 0.496 e. The molecule has 0 radical (unpaired) electrons. The topological polar surface area (TPSA) is 50.4 Å². The molecule has 0 saturated carbocycles. The maximum absolute atomic E-state index is 12.9. The number of amides is 1. The van der Waals surface area contributed by atoms with Crippen molar-refractivity contribution in [3.05, 3.63) is 65.5 Å². The van der Waals surface area contributed by atoms with E-state index in [0.717, 1.165) is 23.4 Å². The number of hydrogen-bond acceptors (Lipinski definition) is 3. The van der Waals surface area contributed by atoms with Crippen molar-refractivity contribution in [2.45, 2.75) is 12.5 Å². The quantitative estimate of drug-likeness (QED) is 0.886. The summed E-state index contributed by atoms with van der Waals surface area (Å²) in [5.74, 6) is 0.459. The van der Waals surface area contributed by atoms with E-state index >= 15 is 0 Å². The van der Waals surface area contributed by atoms with E-state index in [1.807, 2.05) is 24.3 Å². The standard InChI is InChI=1S/C19H21FN2O2/c1-24-18-5-3-2-4-15(18)16-11-21-12-17(16)19(23)22-10-13-6-8-14(20)9-7-13/h2-9,16-17,21H,10-12H2,1H3,(H,22,23)/t16-,17-/m0/s1. The Morgan fingerprint density at radius 2 is 1.96 bits per heavy atom. The van der Waals surface area contributed by atoms with Crippen LogP contribution in [0.1, 0.15) is 17.0 Å². The molecule has 2 aromatic rings. The van der Waals surface area contributed by atoms with Crippen LogP contribution in [0.3, 0.4) is 0 Å². The van der Waals surface area contributed by atoms with Crippen LogP contribution < -0.4 is 15.4 Å². The number of carbonyl (C=O) groups excluding carboxylic acids is 1. The molecule has 1 fully saturated rings. The third-order valence-corrected chi connectivity index (χ3v) is 4.47. The van der Waals surface area contributed by atoms with E-state index in [1.165, 1.54) is 12.1 Å². The second kappa shape index (κ2) is 7.45. The van der Waals surface area contributed by atoms with Crippen LogP contribution in [0.5, 0.6) is 5.75 Å². The molecule has 0 aromatic heterocycles. The highest BCUT2D eigenvalue weighted by Crippen LogP contribution is 2.34. The second-order valence-corrected chi connectivity index (χ2v) is 5.96. The monoisotopic (exact) mass is 328 g/mol. The van der Waals surface area contributed by atoms with Crippen LogP contribution >= 0.6 is 0 Å². The summed E-state index contributed by atoms with van der Waals surface area (Å²) >= 11 is 0. The molecular weight excluding hydrogens is 307 g/mol. The number of hydrogen-bond donors (Lipinski definition) is 2. The molecule has 3 rings (SSSR count). The Morgan fingerprint density at radius 3 is 2.71 bits per heavy atom. The molecule has 1 aliphatic rings. The SMILES string of the molecule is COc1ccccc1[C@@H]1CNC[C@@H]1C(=O)NCc1ccc(F)cc1. The van der Waals surface area contributed by atoms with E-state index in [0.29, 0.717) is 13.1 Å². The van der Waals surface area contributed by atoms with E-state index in [2.05, 4.69) is 10.6 Å². The van der Waals surface area contributed by atoms with E-state index in [4.69, 9.17) is 4.74 Å². The summed E-state index contributed by atoms with van der Waals surface area (Å²) in [5, 5.41) is 6.25. The van der Waals surface area contributed by atoms with Crippen LogP contribution in [-0.2, 0) is 11.3 Å². The van der Waals surface area contributed by atoms with Crippen LogP contribution in [0.4, 0.5) is 4.39 Å². The van der Waals surface area contributed by atoms with Crippen LogP contribution in [-0.4, -0.2) is 26.1 Å². The number of halogens is 1. The Morgan fingerprint density at radius 1 is 1.21 bits per heavy atom. The van der Waals surface area contributed by atoms with E-state index in [1.54, 1.807) is 19.2 Å².